The highest BCUT2D eigenvalue weighted by Crippen LogP contribution is 2.06. The Morgan fingerprint density at radius 2 is 1.88 bits per heavy atom. The van der Waals surface area contributed by atoms with Crippen molar-refractivity contribution in [3.63, 3.8) is 0 Å². The van der Waals surface area contributed by atoms with E-state index in [0.717, 1.165) is 38.3 Å². The molecule has 0 aliphatic heterocycles. The SMILES string of the molecule is COCCCNCCNc1ccc(F)cc1. The van der Waals surface area contributed by atoms with Crippen LogP contribution in [-0.4, -0.2) is 33.4 Å². The molecule has 0 radical (unpaired) electrons. The summed E-state index contributed by atoms with van der Waals surface area (Å²) in [4.78, 5) is 0. The molecule has 0 heterocycles. The molecule has 1 aromatic carbocycles. The van der Waals surface area contributed by atoms with E-state index < -0.39 is 0 Å². The van der Waals surface area contributed by atoms with Crippen LogP contribution in [0.15, 0.2) is 24.3 Å². The Morgan fingerprint density at radius 3 is 2.56 bits per heavy atom. The van der Waals surface area contributed by atoms with Crippen LogP contribution in [0.5, 0.6) is 0 Å². The molecule has 0 amide bonds. The molecule has 0 bridgehead atoms. The molecule has 16 heavy (non-hydrogen) atoms. The van der Waals surface area contributed by atoms with Crippen molar-refractivity contribution in [2.75, 3.05) is 38.7 Å². The molecule has 90 valence electrons. The van der Waals surface area contributed by atoms with Gasteiger partial charge in [0.25, 0.3) is 0 Å². The third-order valence-corrected chi connectivity index (χ3v) is 2.18. The predicted molar refractivity (Wildman–Crippen MR) is 64.3 cm³/mol. The first-order valence-corrected chi connectivity index (χ1v) is 5.52. The van der Waals surface area contributed by atoms with Crippen LogP contribution in [0.25, 0.3) is 0 Å². The van der Waals surface area contributed by atoms with Crippen LogP contribution in [0.1, 0.15) is 6.42 Å². The van der Waals surface area contributed by atoms with Gasteiger partial charge in [-0.15, -0.1) is 0 Å². The number of hydrogen-bond donors (Lipinski definition) is 2. The van der Waals surface area contributed by atoms with Gasteiger partial charge in [0.15, 0.2) is 0 Å². The number of halogens is 1. The maximum atomic E-state index is 12.6. The first-order chi connectivity index (χ1) is 7.83. The molecule has 0 aliphatic rings. The second kappa shape index (κ2) is 8.07. The van der Waals surface area contributed by atoms with Crippen molar-refractivity contribution in [2.45, 2.75) is 6.42 Å². The van der Waals surface area contributed by atoms with Crippen molar-refractivity contribution in [3.8, 4) is 0 Å². The number of methoxy groups -OCH3 is 1. The molecule has 0 aromatic heterocycles. The molecule has 2 N–H and O–H groups in total. The standard InChI is InChI=1S/C12H19FN2O/c1-16-10-2-7-14-8-9-15-12-5-3-11(13)4-6-12/h3-6,14-15H,2,7-10H2,1H3. The second-order valence-corrected chi connectivity index (χ2v) is 3.53. The fourth-order valence-electron chi connectivity index (χ4n) is 1.33. The van der Waals surface area contributed by atoms with Gasteiger partial charge in [-0.2, -0.15) is 0 Å². The second-order valence-electron chi connectivity index (χ2n) is 3.53. The lowest BCUT2D eigenvalue weighted by Gasteiger charge is -2.07. The maximum Gasteiger partial charge on any atom is 0.123 e. The molecule has 0 saturated heterocycles. The number of anilines is 1. The topological polar surface area (TPSA) is 33.3 Å². The predicted octanol–water partition coefficient (Wildman–Crippen LogP) is 1.86. The van der Waals surface area contributed by atoms with E-state index in [2.05, 4.69) is 10.6 Å². The summed E-state index contributed by atoms with van der Waals surface area (Å²) >= 11 is 0. The number of nitrogens with one attached hydrogen (secondary N) is 2. The van der Waals surface area contributed by atoms with E-state index in [0.29, 0.717) is 0 Å². The largest absolute Gasteiger partial charge is 0.385 e. The highest BCUT2D eigenvalue weighted by Gasteiger charge is 1.92. The third kappa shape index (κ3) is 5.68. The maximum absolute atomic E-state index is 12.6. The fourth-order valence-corrected chi connectivity index (χ4v) is 1.33. The smallest absolute Gasteiger partial charge is 0.123 e. The molecule has 0 saturated carbocycles. The molecule has 1 aromatic rings. The van der Waals surface area contributed by atoms with Gasteiger partial charge in [0.1, 0.15) is 5.82 Å². The normalized spacial score (nSPS) is 10.4. The van der Waals surface area contributed by atoms with Gasteiger partial charge in [0.2, 0.25) is 0 Å². The summed E-state index contributed by atoms with van der Waals surface area (Å²) in [5, 5.41) is 6.49. The van der Waals surface area contributed by atoms with Gasteiger partial charge in [0.05, 0.1) is 0 Å². The molecule has 0 unspecified atom stereocenters. The van der Waals surface area contributed by atoms with Crippen molar-refractivity contribution in [1.29, 1.82) is 0 Å². The van der Waals surface area contributed by atoms with E-state index in [1.165, 1.54) is 12.1 Å². The molecule has 1 rings (SSSR count). The minimum Gasteiger partial charge on any atom is -0.385 e. The number of rotatable bonds is 8. The van der Waals surface area contributed by atoms with Gasteiger partial charge in [-0.25, -0.2) is 4.39 Å². The van der Waals surface area contributed by atoms with Crippen LogP contribution in [0.3, 0.4) is 0 Å². The van der Waals surface area contributed by atoms with Crippen LogP contribution in [0, 0.1) is 5.82 Å². The van der Waals surface area contributed by atoms with Crippen LogP contribution >= 0.6 is 0 Å². The molecule has 0 fully saturated rings. The summed E-state index contributed by atoms with van der Waals surface area (Å²) in [5.41, 5.74) is 0.945. The lowest BCUT2D eigenvalue weighted by Crippen LogP contribution is -2.23. The van der Waals surface area contributed by atoms with Crippen molar-refractivity contribution in [2.24, 2.45) is 0 Å². The van der Waals surface area contributed by atoms with Crippen LogP contribution in [0.2, 0.25) is 0 Å². The van der Waals surface area contributed by atoms with Gasteiger partial charge in [-0.1, -0.05) is 0 Å². The zero-order valence-corrected chi connectivity index (χ0v) is 9.63. The highest BCUT2D eigenvalue weighted by atomic mass is 19.1. The van der Waals surface area contributed by atoms with Crippen molar-refractivity contribution in [1.82, 2.24) is 5.32 Å². The summed E-state index contributed by atoms with van der Waals surface area (Å²) in [7, 11) is 1.70. The molecule has 0 aliphatic carbocycles. The summed E-state index contributed by atoms with van der Waals surface area (Å²) in [6, 6.07) is 6.38. The number of benzene rings is 1. The molecular formula is C12H19FN2O. The van der Waals surface area contributed by atoms with E-state index in [9.17, 15) is 4.39 Å². The Labute approximate surface area is 96.0 Å². The average Bonchev–Trinajstić information content (AvgIpc) is 2.30. The summed E-state index contributed by atoms with van der Waals surface area (Å²) in [6.45, 7) is 3.47. The van der Waals surface area contributed by atoms with E-state index in [1.807, 2.05) is 0 Å². The Morgan fingerprint density at radius 1 is 1.12 bits per heavy atom. The van der Waals surface area contributed by atoms with Gasteiger partial charge >= 0.3 is 0 Å². The zero-order chi connectivity index (χ0) is 11.6. The van der Waals surface area contributed by atoms with Gasteiger partial charge in [-0.05, 0) is 37.2 Å². The summed E-state index contributed by atoms with van der Waals surface area (Å²) < 4.78 is 17.5. The van der Waals surface area contributed by atoms with Gasteiger partial charge in [-0.3, -0.25) is 0 Å². The van der Waals surface area contributed by atoms with Gasteiger partial charge in [0, 0.05) is 32.5 Å². The monoisotopic (exact) mass is 226 g/mol. The quantitative estimate of drug-likeness (QED) is 0.664. The Kier molecular flexibility index (Phi) is 6.53. The molecule has 4 heteroatoms. The van der Waals surface area contributed by atoms with Crippen molar-refractivity contribution in [3.05, 3.63) is 30.1 Å². The number of ether oxygens (including phenoxy) is 1. The van der Waals surface area contributed by atoms with Crippen LogP contribution < -0.4 is 10.6 Å². The highest BCUT2D eigenvalue weighted by molar-refractivity contribution is 5.42. The first kappa shape index (κ1) is 12.9. The van der Waals surface area contributed by atoms with E-state index in [4.69, 9.17) is 4.74 Å². The van der Waals surface area contributed by atoms with Crippen molar-refractivity contribution >= 4 is 5.69 Å². The Balaban J connectivity index is 2.01. The van der Waals surface area contributed by atoms with E-state index in [1.54, 1.807) is 19.2 Å². The fraction of sp³-hybridized carbons (Fsp3) is 0.500. The lowest BCUT2D eigenvalue weighted by atomic mass is 10.3. The summed E-state index contributed by atoms with van der Waals surface area (Å²) in [6.07, 6.45) is 1.02. The van der Waals surface area contributed by atoms with Gasteiger partial charge < -0.3 is 15.4 Å². The zero-order valence-electron chi connectivity index (χ0n) is 9.63. The molecular weight excluding hydrogens is 207 g/mol. The molecule has 0 atom stereocenters. The van der Waals surface area contributed by atoms with Crippen LogP contribution in [0.4, 0.5) is 10.1 Å². The third-order valence-electron chi connectivity index (χ3n) is 2.18. The Hall–Kier alpha value is -1.13. The Bertz CT molecular complexity index is 277. The van der Waals surface area contributed by atoms with E-state index in [-0.39, 0.29) is 5.82 Å². The summed E-state index contributed by atoms with van der Waals surface area (Å²) in [5.74, 6) is -0.205. The van der Waals surface area contributed by atoms with E-state index >= 15 is 0 Å². The number of hydrogen-bond acceptors (Lipinski definition) is 3. The minimum atomic E-state index is -0.205. The lowest BCUT2D eigenvalue weighted by molar-refractivity contribution is 0.194. The van der Waals surface area contributed by atoms with Crippen LogP contribution in [-0.2, 0) is 4.74 Å². The minimum absolute atomic E-state index is 0.205. The first-order valence-electron chi connectivity index (χ1n) is 5.52. The average molecular weight is 226 g/mol. The molecule has 3 nitrogen and oxygen atoms in total. The van der Waals surface area contributed by atoms with Crippen molar-refractivity contribution < 1.29 is 9.13 Å². The molecule has 0 spiro atoms.